The highest BCUT2D eigenvalue weighted by Crippen LogP contribution is 2.23. The van der Waals surface area contributed by atoms with Gasteiger partial charge < -0.3 is 10.5 Å². The molecule has 0 fully saturated rings. The van der Waals surface area contributed by atoms with Gasteiger partial charge in [-0.15, -0.1) is 0 Å². The first-order chi connectivity index (χ1) is 8.19. The van der Waals surface area contributed by atoms with Crippen molar-refractivity contribution in [1.29, 1.82) is 0 Å². The summed E-state index contributed by atoms with van der Waals surface area (Å²) in [7, 11) is 0. The summed E-state index contributed by atoms with van der Waals surface area (Å²) in [6, 6.07) is 4.28. The second-order valence-electron chi connectivity index (χ2n) is 4.91. The number of hydrogen-bond donors (Lipinski definition) is 1. The van der Waals surface area contributed by atoms with Crippen molar-refractivity contribution in [2.24, 2.45) is 0 Å². The summed E-state index contributed by atoms with van der Waals surface area (Å²) in [5.74, 6) is -0.429. The summed E-state index contributed by atoms with van der Waals surface area (Å²) in [6.45, 7) is 5.28. The molecule has 0 aliphatic rings. The molecule has 1 aromatic carbocycles. The van der Waals surface area contributed by atoms with Gasteiger partial charge in [-0.3, -0.25) is 14.9 Å². The number of hydrogen-bond acceptors (Lipinski definition) is 5. The molecule has 2 N–H and O–H groups in total. The summed E-state index contributed by atoms with van der Waals surface area (Å²) in [5.41, 5.74) is 5.28. The Morgan fingerprint density at radius 3 is 2.56 bits per heavy atom. The number of nitrogens with two attached hydrogens (primary N) is 1. The van der Waals surface area contributed by atoms with Gasteiger partial charge in [0.2, 0.25) is 0 Å². The number of nitrogens with zero attached hydrogens (tertiary/aromatic N) is 1. The molecular weight excluding hydrogens is 236 g/mol. The molecular formula is C12H16N2O4. The first-order valence-electron chi connectivity index (χ1n) is 5.43. The molecule has 1 rings (SSSR count). The molecule has 6 nitrogen and oxygen atoms in total. The molecule has 0 atom stereocenters. The lowest BCUT2D eigenvalue weighted by Crippen LogP contribution is -2.24. The number of benzene rings is 1. The van der Waals surface area contributed by atoms with Crippen LogP contribution in [0.25, 0.3) is 0 Å². The molecule has 98 valence electrons. The molecule has 6 heteroatoms. The molecule has 0 amide bonds. The van der Waals surface area contributed by atoms with Gasteiger partial charge in [-0.2, -0.15) is 0 Å². The molecule has 0 aliphatic heterocycles. The average molecular weight is 252 g/mol. The zero-order valence-corrected chi connectivity index (χ0v) is 10.6. The molecule has 0 aliphatic carbocycles. The van der Waals surface area contributed by atoms with Crippen LogP contribution < -0.4 is 5.73 Å². The highest BCUT2D eigenvalue weighted by molar-refractivity contribution is 5.74. The zero-order chi connectivity index (χ0) is 13.9. The van der Waals surface area contributed by atoms with Crippen LogP contribution in [0.3, 0.4) is 0 Å². The van der Waals surface area contributed by atoms with Crippen LogP contribution in [-0.2, 0) is 16.0 Å². The molecule has 0 aromatic heterocycles. The van der Waals surface area contributed by atoms with Crippen molar-refractivity contribution in [2.45, 2.75) is 32.8 Å². The van der Waals surface area contributed by atoms with Gasteiger partial charge in [0.1, 0.15) is 11.3 Å². The van der Waals surface area contributed by atoms with E-state index in [1.165, 1.54) is 12.1 Å². The van der Waals surface area contributed by atoms with E-state index in [4.69, 9.17) is 10.5 Å². The van der Waals surface area contributed by atoms with Crippen LogP contribution in [0.15, 0.2) is 18.2 Å². The maximum Gasteiger partial charge on any atom is 0.310 e. The van der Waals surface area contributed by atoms with Crippen LogP contribution in [0.2, 0.25) is 0 Å². The third-order valence-electron chi connectivity index (χ3n) is 2.06. The van der Waals surface area contributed by atoms with Gasteiger partial charge in [0.15, 0.2) is 0 Å². The van der Waals surface area contributed by atoms with E-state index in [2.05, 4.69) is 0 Å². The fourth-order valence-electron chi connectivity index (χ4n) is 1.40. The number of carbonyl (C=O) groups is 1. The van der Waals surface area contributed by atoms with Crippen molar-refractivity contribution in [2.75, 3.05) is 5.73 Å². The van der Waals surface area contributed by atoms with E-state index < -0.39 is 16.5 Å². The minimum atomic E-state index is -0.575. The fourth-order valence-corrected chi connectivity index (χ4v) is 1.40. The number of nitrogen functional groups attached to an aromatic ring is 1. The molecule has 0 bridgehead atoms. The van der Waals surface area contributed by atoms with Crippen LogP contribution in [-0.4, -0.2) is 16.5 Å². The highest BCUT2D eigenvalue weighted by atomic mass is 16.6. The smallest absolute Gasteiger partial charge is 0.310 e. The van der Waals surface area contributed by atoms with Crippen molar-refractivity contribution in [1.82, 2.24) is 0 Å². The van der Waals surface area contributed by atoms with Gasteiger partial charge in [0.25, 0.3) is 5.69 Å². The fraction of sp³-hybridized carbons (Fsp3) is 0.417. The number of nitro benzene ring substituents is 1. The van der Waals surface area contributed by atoms with Crippen LogP contribution in [0.1, 0.15) is 26.3 Å². The van der Waals surface area contributed by atoms with Crippen LogP contribution in [0, 0.1) is 10.1 Å². The van der Waals surface area contributed by atoms with E-state index in [9.17, 15) is 14.9 Å². The van der Waals surface area contributed by atoms with E-state index in [1.807, 2.05) is 0 Å². The number of carbonyl (C=O) groups excluding carboxylic acids is 1. The third kappa shape index (κ3) is 4.04. The maximum absolute atomic E-state index is 11.6. The Hall–Kier alpha value is -2.11. The summed E-state index contributed by atoms with van der Waals surface area (Å²) >= 11 is 0. The molecule has 0 unspecified atom stereocenters. The summed E-state index contributed by atoms with van der Waals surface area (Å²) in [4.78, 5) is 21.7. The Morgan fingerprint density at radius 1 is 1.44 bits per heavy atom. The summed E-state index contributed by atoms with van der Waals surface area (Å²) in [6.07, 6.45) is -0.0155. The minimum Gasteiger partial charge on any atom is -0.460 e. The van der Waals surface area contributed by atoms with Crippen molar-refractivity contribution >= 4 is 17.3 Å². The van der Waals surface area contributed by atoms with Crippen molar-refractivity contribution < 1.29 is 14.5 Å². The highest BCUT2D eigenvalue weighted by Gasteiger charge is 2.18. The lowest BCUT2D eigenvalue weighted by atomic mass is 10.1. The molecule has 0 radical (unpaired) electrons. The van der Waals surface area contributed by atoms with Gasteiger partial charge in [0.05, 0.1) is 11.3 Å². The lowest BCUT2D eigenvalue weighted by Gasteiger charge is -2.19. The zero-order valence-electron chi connectivity index (χ0n) is 10.6. The van der Waals surface area contributed by atoms with E-state index in [-0.39, 0.29) is 17.8 Å². The lowest BCUT2D eigenvalue weighted by molar-refractivity contribution is -0.383. The van der Waals surface area contributed by atoms with Crippen molar-refractivity contribution in [3.05, 3.63) is 33.9 Å². The van der Waals surface area contributed by atoms with Crippen LogP contribution in [0.4, 0.5) is 11.4 Å². The predicted molar refractivity (Wildman–Crippen MR) is 67.1 cm³/mol. The Balaban J connectivity index is 2.83. The van der Waals surface area contributed by atoms with E-state index >= 15 is 0 Å². The quantitative estimate of drug-likeness (QED) is 0.384. The van der Waals surface area contributed by atoms with E-state index in [1.54, 1.807) is 26.8 Å². The molecule has 0 spiro atoms. The summed E-state index contributed by atoms with van der Waals surface area (Å²) in [5, 5.41) is 10.7. The van der Waals surface area contributed by atoms with Gasteiger partial charge in [0, 0.05) is 6.07 Å². The Kier molecular flexibility index (Phi) is 3.90. The molecule has 0 saturated carbocycles. The standard InChI is InChI=1S/C12H16N2O4/c1-12(2,3)18-11(15)7-8-4-5-9(13)10(6-8)14(16)17/h4-6H,7,13H2,1-3H3. The Labute approximate surface area is 105 Å². The number of anilines is 1. The number of esters is 1. The first-order valence-corrected chi connectivity index (χ1v) is 5.43. The Morgan fingerprint density at radius 2 is 2.06 bits per heavy atom. The van der Waals surface area contributed by atoms with Crippen LogP contribution >= 0.6 is 0 Å². The third-order valence-corrected chi connectivity index (χ3v) is 2.06. The molecule has 18 heavy (non-hydrogen) atoms. The second kappa shape index (κ2) is 5.03. The number of nitro groups is 1. The SMILES string of the molecule is CC(C)(C)OC(=O)Cc1ccc(N)c([N+](=O)[O-])c1. The number of rotatable bonds is 3. The Bertz CT molecular complexity index is 477. The second-order valence-corrected chi connectivity index (χ2v) is 4.91. The minimum absolute atomic E-state index is 0.0155. The van der Waals surface area contributed by atoms with Crippen molar-refractivity contribution in [3.63, 3.8) is 0 Å². The number of ether oxygens (including phenoxy) is 1. The van der Waals surface area contributed by atoms with Crippen molar-refractivity contribution in [3.8, 4) is 0 Å². The maximum atomic E-state index is 11.6. The normalized spacial score (nSPS) is 11.1. The van der Waals surface area contributed by atoms with Crippen LogP contribution in [0.5, 0.6) is 0 Å². The molecule has 1 aromatic rings. The van der Waals surface area contributed by atoms with E-state index in [0.29, 0.717) is 5.56 Å². The monoisotopic (exact) mass is 252 g/mol. The van der Waals surface area contributed by atoms with Gasteiger partial charge in [-0.1, -0.05) is 6.07 Å². The summed E-state index contributed by atoms with van der Waals surface area (Å²) < 4.78 is 5.13. The van der Waals surface area contributed by atoms with Gasteiger partial charge in [-0.25, -0.2) is 0 Å². The average Bonchev–Trinajstić information content (AvgIpc) is 2.17. The predicted octanol–water partition coefficient (Wildman–Crippen LogP) is 2.06. The van der Waals surface area contributed by atoms with Gasteiger partial charge in [-0.05, 0) is 32.4 Å². The first kappa shape index (κ1) is 14.0. The van der Waals surface area contributed by atoms with Gasteiger partial charge >= 0.3 is 5.97 Å². The molecule has 0 saturated heterocycles. The molecule has 0 heterocycles. The largest absolute Gasteiger partial charge is 0.460 e. The van der Waals surface area contributed by atoms with E-state index in [0.717, 1.165) is 0 Å². The topological polar surface area (TPSA) is 95.5 Å².